The SMILES string of the molecule is CC(C)CCS(=O)(=O)c1c(C=O)cnn1C(C)(C)C. The third-order valence-electron chi connectivity index (χ3n) is 2.77. The smallest absolute Gasteiger partial charge is 0.196 e. The van der Waals surface area contributed by atoms with E-state index in [9.17, 15) is 13.2 Å². The van der Waals surface area contributed by atoms with Crippen molar-refractivity contribution in [2.75, 3.05) is 5.75 Å². The van der Waals surface area contributed by atoms with Gasteiger partial charge in [-0.2, -0.15) is 5.10 Å². The van der Waals surface area contributed by atoms with Crippen LogP contribution in [0.4, 0.5) is 0 Å². The van der Waals surface area contributed by atoms with Crippen LogP contribution in [0.25, 0.3) is 0 Å². The average Bonchev–Trinajstić information content (AvgIpc) is 2.70. The second-order valence-electron chi connectivity index (χ2n) is 6.11. The van der Waals surface area contributed by atoms with E-state index in [0.29, 0.717) is 18.6 Å². The molecule has 0 aromatic carbocycles. The number of sulfone groups is 1. The molecule has 0 amide bonds. The quantitative estimate of drug-likeness (QED) is 0.779. The molecular weight excluding hydrogens is 264 g/mol. The summed E-state index contributed by atoms with van der Waals surface area (Å²) in [6.07, 6.45) is 2.44. The van der Waals surface area contributed by atoms with Crippen LogP contribution in [0.2, 0.25) is 0 Å². The lowest BCUT2D eigenvalue weighted by atomic mass is 10.1. The Bertz CT molecular complexity index is 551. The summed E-state index contributed by atoms with van der Waals surface area (Å²) in [4.78, 5) is 11.0. The van der Waals surface area contributed by atoms with Gasteiger partial charge in [-0.3, -0.25) is 4.79 Å². The van der Waals surface area contributed by atoms with Gasteiger partial charge in [-0.25, -0.2) is 13.1 Å². The molecule has 6 heteroatoms. The molecule has 1 rings (SSSR count). The number of hydrogen-bond donors (Lipinski definition) is 0. The van der Waals surface area contributed by atoms with Crippen LogP contribution in [0, 0.1) is 5.92 Å². The molecule has 1 aromatic heterocycles. The summed E-state index contributed by atoms with van der Waals surface area (Å²) in [5.74, 6) is 0.327. The van der Waals surface area contributed by atoms with E-state index in [-0.39, 0.29) is 16.3 Å². The van der Waals surface area contributed by atoms with E-state index in [1.807, 2.05) is 34.6 Å². The molecule has 19 heavy (non-hydrogen) atoms. The molecule has 0 saturated carbocycles. The minimum Gasteiger partial charge on any atom is -0.298 e. The van der Waals surface area contributed by atoms with E-state index in [1.165, 1.54) is 10.9 Å². The first-order valence-corrected chi connectivity index (χ1v) is 8.01. The minimum atomic E-state index is -3.50. The fourth-order valence-corrected chi connectivity index (χ4v) is 3.73. The maximum Gasteiger partial charge on any atom is 0.196 e. The van der Waals surface area contributed by atoms with Gasteiger partial charge in [-0.15, -0.1) is 0 Å². The number of aldehydes is 1. The lowest BCUT2D eigenvalue weighted by Crippen LogP contribution is -2.28. The predicted octanol–water partition coefficient (Wildman–Crippen LogP) is 2.27. The molecule has 0 spiro atoms. The van der Waals surface area contributed by atoms with Gasteiger partial charge in [0.2, 0.25) is 0 Å². The van der Waals surface area contributed by atoms with Gasteiger partial charge < -0.3 is 0 Å². The van der Waals surface area contributed by atoms with E-state index in [2.05, 4.69) is 5.10 Å². The summed E-state index contributed by atoms with van der Waals surface area (Å²) < 4.78 is 26.3. The molecule has 0 unspecified atom stereocenters. The minimum absolute atomic E-state index is 0.0350. The van der Waals surface area contributed by atoms with Crippen molar-refractivity contribution in [3.8, 4) is 0 Å². The number of carbonyl (C=O) groups excluding carboxylic acids is 1. The van der Waals surface area contributed by atoms with Crippen molar-refractivity contribution in [3.05, 3.63) is 11.8 Å². The Balaban J connectivity index is 3.31. The molecule has 0 aliphatic rings. The van der Waals surface area contributed by atoms with Gasteiger partial charge in [0.25, 0.3) is 0 Å². The summed E-state index contributed by atoms with van der Waals surface area (Å²) >= 11 is 0. The zero-order chi connectivity index (χ0) is 14.8. The summed E-state index contributed by atoms with van der Waals surface area (Å²) in [6.45, 7) is 9.51. The monoisotopic (exact) mass is 286 g/mol. The fraction of sp³-hybridized carbons (Fsp3) is 0.692. The highest BCUT2D eigenvalue weighted by molar-refractivity contribution is 7.91. The molecule has 0 aliphatic heterocycles. The van der Waals surface area contributed by atoms with Crippen LogP contribution in [-0.2, 0) is 15.4 Å². The van der Waals surface area contributed by atoms with Crippen molar-refractivity contribution < 1.29 is 13.2 Å². The number of hydrogen-bond acceptors (Lipinski definition) is 4. The standard InChI is InChI=1S/C13H22N2O3S/c1-10(2)6-7-19(17,18)12-11(9-16)8-14-15(12)13(3,4)5/h8-10H,6-7H2,1-5H3. The van der Waals surface area contributed by atoms with E-state index in [1.54, 1.807) is 0 Å². The van der Waals surface area contributed by atoms with Gasteiger partial charge in [-0.05, 0) is 33.1 Å². The third-order valence-corrected chi connectivity index (χ3v) is 4.54. The van der Waals surface area contributed by atoms with E-state index >= 15 is 0 Å². The van der Waals surface area contributed by atoms with Crippen LogP contribution in [-0.4, -0.2) is 30.2 Å². The number of rotatable bonds is 5. The van der Waals surface area contributed by atoms with E-state index in [0.717, 1.165) is 0 Å². The molecule has 0 saturated heterocycles. The molecule has 1 aromatic rings. The molecule has 1 heterocycles. The zero-order valence-corrected chi connectivity index (χ0v) is 13.0. The molecule has 0 atom stereocenters. The van der Waals surface area contributed by atoms with Crippen molar-refractivity contribution in [2.24, 2.45) is 5.92 Å². The molecule has 0 radical (unpaired) electrons. The Morgan fingerprint density at radius 1 is 1.37 bits per heavy atom. The van der Waals surface area contributed by atoms with Gasteiger partial charge >= 0.3 is 0 Å². The predicted molar refractivity (Wildman–Crippen MR) is 74.1 cm³/mol. The lowest BCUT2D eigenvalue weighted by molar-refractivity contribution is 0.111. The van der Waals surface area contributed by atoms with Gasteiger partial charge in [-0.1, -0.05) is 13.8 Å². The van der Waals surface area contributed by atoms with Crippen LogP contribution < -0.4 is 0 Å². The third kappa shape index (κ3) is 3.65. The highest BCUT2D eigenvalue weighted by Crippen LogP contribution is 2.24. The van der Waals surface area contributed by atoms with Crippen molar-refractivity contribution in [1.82, 2.24) is 9.78 Å². The van der Waals surface area contributed by atoms with Crippen LogP contribution in [0.3, 0.4) is 0 Å². The Hall–Kier alpha value is -1.17. The first kappa shape index (κ1) is 15.9. The zero-order valence-electron chi connectivity index (χ0n) is 12.2. The van der Waals surface area contributed by atoms with Crippen molar-refractivity contribution in [3.63, 3.8) is 0 Å². The normalized spacial score (nSPS) is 12.9. The van der Waals surface area contributed by atoms with E-state index < -0.39 is 15.4 Å². The highest BCUT2D eigenvalue weighted by atomic mass is 32.2. The number of carbonyl (C=O) groups is 1. The molecular formula is C13H22N2O3S. The van der Waals surface area contributed by atoms with Gasteiger partial charge in [0.1, 0.15) is 0 Å². The first-order valence-electron chi connectivity index (χ1n) is 6.36. The number of nitrogens with zero attached hydrogens (tertiary/aromatic N) is 2. The first-order chi connectivity index (χ1) is 8.59. The maximum absolute atomic E-state index is 12.4. The summed E-state index contributed by atoms with van der Waals surface area (Å²) in [5, 5.41) is 4.10. The summed E-state index contributed by atoms with van der Waals surface area (Å²) in [5.41, 5.74) is -0.347. The summed E-state index contributed by atoms with van der Waals surface area (Å²) in [6, 6.07) is 0. The molecule has 0 fully saturated rings. The topological polar surface area (TPSA) is 69.0 Å². The van der Waals surface area contributed by atoms with Crippen molar-refractivity contribution in [2.45, 2.75) is 51.6 Å². The van der Waals surface area contributed by atoms with Crippen LogP contribution in [0.1, 0.15) is 51.4 Å². The Morgan fingerprint density at radius 2 is 1.95 bits per heavy atom. The van der Waals surface area contributed by atoms with Crippen LogP contribution in [0.5, 0.6) is 0 Å². The second kappa shape index (κ2) is 5.45. The molecule has 0 aliphatic carbocycles. The Kier molecular flexibility index (Phi) is 4.55. The Labute approximate surface area is 114 Å². The molecule has 0 N–H and O–H groups in total. The van der Waals surface area contributed by atoms with Crippen LogP contribution in [0.15, 0.2) is 11.2 Å². The fourth-order valence-electron chi connectivity index (χ4n) is 1.71. The average molecular weight is 286 g/mol. The summed E-state index contributed by atoms with van der Waals surface area (Å²) in [7, 11) is -3.50. The van der Waals surface area contributed by atoms with Crippen LogP contribution >= 0.6 is 0 Å². The van der Waals surface area contributed by atoms with E-state index in [4.69, 9.17) is 0 Å². The van der Waals surface area contributed by atoms with Crippen molar-refractivity contribution >= 4 is 16.1 Å². The maximum atomic E-state index is 12.4. The van der Waals surface area contributed by atoms with Crippen molar-refractivity contribution in [1.29, 1.82) is 0 Å². The number of aromatic nitrogens is 2. The second-order valence-corrected chi connectivity index (χ2v) is 8.13. The molecule has 108 valence electrons. The highest BCUT2D eigenvalue weighted by Gasteiger charge is 2.29. The Morgan fingerprint density at radius 3 is 2.37 bits per heavy atom. The molecule has 5 nitrogen and oxygen atoms in total. The molecule has 0 bridgehead atoms. The van der Waals surface area contributed by atoms with Gasteiger partial charge in [0, 0.05) is 0 Å². The lowest BCUT2D eigenvalue weighted by Gasteiger charge is -2.22. The largest absolute Gasteiger partial charge is 0.298 e. The van der Waals surface area contributed by atoms with Gasteiger partial charge in [0.05, 0.1) is 23.1 Å². The van der Waals surface area contributed by atoms with Gasteiger partial charge in [0.15, 0.2) is 21.1 Å².